The summed E-state index contributed by atoms with van der Waals surface area (Å²) in [6, 6.07) is 8.46. The van der Waals surface area contributed by atoms with E-state index in [0.717, 1.165) is 31.7 Å². The highest BCUT2D eigenvalue weighted by Gasteiger charge is 2.12. The number of hydrogen-bond donors (Lipinski definition) is 1. The third-order valence-corrected chi connectivity index (χ3v) is 4.28. The summed E-state index contributed by atoms with van der Waals surface area (Å²) >= 11 is 0. The minimum Gasteiger partial charge on any atom is -0.494 e. The molecule has 3 heteroatoms. The van der Waals surface area contributed by atoms with Crippen LogP contribution in [0.3, 0.4) is 0 Å². The van der Waals surface area contributed by atoms with E-state index in [9.17, 15) is 0 Å². The summed E-state index contributed by atoms with van der Waals surface area (Å²) < 4.78 is 5.69. The zero-order valence-electron chi connectivity index (χ0n) is 13.4. The number of benzene rings is 1. The molecule has 0 amide bonds. The van der Waals surface area contributed by atoms with Crippen LogP contribution in [0.2, 0.25) is 0 Å². The van der Waals surface area contributed by atoms with Gasteiger partial charge in [-0.25, -0.2) is 0 Å². The molecule has 1 fully saturated rings. The molecule has 2 rings (SSSR count). The highest BCUT2D eigenvalue weighted by molar-refractivity contribution is 5.29. The number of hydrogen-bond acceptors (Lipinski definition) is 3. The molecule has 3 nitrogen and oxygen atoms in total. The lowest BCUT2D eigenvalue weighted by Crippen LogP contribution is -2.32. The molecule has 0 radical (unpaired) electrons. The predicted molar refractivity (Wildman–Crippen MR) is 88.7 cm³/mol. The summed E-state index contributed by atoms with van der Waals surface area (Å²) in [5, 5.41) is 0. The number of ether oxygens (including phenoxy) is 1. The molecule has 1 aliphatic rings. The molecule has 1 atom stereocenters. The van der Waals surface area contributed by atoms with Gasteiger partial charge in [-0.3, -0.25) is 0 Å². The summed E-state index contributed by atoms with van der Waals surface area (Å²) in [4.78, 5) is 2.55. The van der Waals surface area contributed by atoms with Crippen molar-refractivity contribution in [2.75, 3.05) is 26.2 Å². The second-order valence-corrected chi connectivity index (χ2v) is 6.07. The zero-order chi connectivity index (χ0) is 14.9. The van der Waals surface area contributed by atoms with Gasteiger partial charge in [-0.05, 0) is 63.0 Å². The Hall–Kier alpha value is -1.06. The van der Waals surface area contributed by atoms with Crippen molar-refractivity contribution in [2.45, 2.75) is 51.5 Å². The molecule has 1 saturated heterocycles. The van der Waals surface area contributed by atoms with E-state index in [1.54, 1.807) is 0 Å². The van der Waals surface area contributed by atoms with Gasteiger partial charge in [0.05, 0.1) is 6.61 Å². The summed E-state index contributed by atoms with van der Waals surface area (Å²) in [5.74, 6) is 0.954. The van der Waals surface area contributed by atoms with E-state index in [1.807, 2.05) is 12.1 Å². The van der Waals surface area contributed by atoms with Gasteiger partial charge in [0.1, 0.15) is 5.75 Å². The Balaban J connectivity index is 1.74. The molecule has 118 valence electrons. The standard InChI is InChI=1S/C18H30N2O/c1-2-3-15-21-17-9-7-16(8-10-17)18(19)11-14-20-12-5-4-6-13-20/h7-10,18H,2-6,11-15,19H2,1H3/t18-/m0/s1. The fourth-order valence-corrected chi connectivity index (χ4v) is 2.82. The summed E-state index contributed by atoms with van der Waals surface area (Å²) in [5.41, 5.74) is 7.53. The van der Waals surface area contributed by atoms with E-state index in [4.69, 9.17) is 10.5 Å². The number of nitrogens with two attached hydrogens (primary N) is 1. The van der Waals surface area contributed by atoms with E-state index in [0.29, 0.717) is 0 Å². The van der Waals surface area contributed by atoms with Gasteiger partial charge >= 0.3 is 0 Å². The largest absolute Gasteiger partial charge is 0.494 e. The molecule has 1 aliphatic heterocycles. The van der Waals surface area contributed by atoms with Gasteiger partial charge in [-0.15, -0.1) is 0 Å². The van der Waals surface area contributed by atoms with Gasteiger partial charge in [0, 0.05) is 6.04 Å². The third kappa shape index (κ3) is 5.68. The van der Waals surface area contributed by atoms with Crippen LogP contribution in [0.15, 0.2) is 24.3 Å². The van der Waals surface area contributed by atoms with Crippen molar-refractivity contribution in [1.82, 2.24) is 4.90 Å². The Morgan fingerprint density at radius 2 is 1.86 bits per heavy atom. The van der Waals surface area contributed by atoms with E-state index >= 15 is 0 Å². The Morgan fingerprint density at radius 3 is 2.52 bits per heavy atom. The third-order valence-electron chi connectivity index (χ3n) is 4.28. The van der Waals surface area contributed by atoms with Crippen molar-refractivity contribution >= 4 is 0 Å². The number of likely N-dealkylation sites (tertiary alicyclic amines) is 1. The molecular formula is C18H30N2O. The lowest BCUT2D eigenvalue weighted by atomic mass is 10.0. The SMILES string of the molecule is CCCCOc1ccc([C@@H](N)CCN2CCCCC2)cc1. The van der Waals surface area contributed by atoms with Crippen molar-refractivity contribution in [2.24, 2.45) is 5.73 Å². The van der Waals surface area contributed by atoms with Crippen LogP contribution in [0, 0.1) is 0 Å². The van der Waals surface area contributed by atoms with Crippen LogP contribution >= 0.6 is 0 Å². The van der Waals surface area contributed by atoms with Crippen molar-refractivity contribution in [3.05, 3.63) is 29.8 Å². The molecule has 1 heterocycles. The first-order valence-electron chi connectivity index (χ1n) is 8.50. The van der Waals surface area contributed by atoms with Gasteiger partial charge in [-0.1, -0.05) is 31.9 Å². The maximum Gasteiger partial charge on any atom is 0.119 e. The minimum atomic E-state index is 0.136. The van der Waals surface area contributed by atoms with Crippen molar-refractivity contribution in [3.8, 4) is 5.75 Å². The maximum absolute atomic E-state index is 6.32. The molecule has 0 aromatic heterocycles. The molecule has 0 spiro atoms. The van der Waals surface area contributed by atoms with E-state index in [2.05, 4.69) is 24.0 Å². The number of rotatable bonds is 8. The molecule has 0 bridgehead atoms. The Labute approximate surface area is 129 Å². The van der Waals surface area contributed by atoms with Crippen LogP contribution < -0.4 is 10.5 Å². The van der Waals surface area contributed by atoms with E-state index in [-0.39, 0.29) is 6.04 Å². The summed E-state index contributed by atoms with van der Waals surface area (Å²) in [6.07, 6.45) is 7.40. The molecule has 0 aliphatic carbocycles. The molecule has 2 N–H and O–H groups in total. The van der Waals surface area contributed by atoms with Crippen molar-refractivity contribution in [1.29, 1.82) is 0 Å². The fourth-order valence-electron chi connectivity index (χ4n) is 2.82. The molecule has 1 aromatic rings. The Bertz CT molecular complexity index is 385. The molecule has 1 aromatic carbocycles. The molecule has 0 saturated carbocycles. The first kappa shape index (κ1) is 16.3. The summed E-state index contributed by atoms with van der Waals surface area (Å²) in [7, 11) is 0. The van der Waals surface area contributed by atoms with E-state index in [1.165, 1.54) is 44.3 Å². The van der Waals surface area contributed by atoms with Crippen LogP contribution in [0.5, 0.6) is 5.75 Å². The topological polar surface area (TPSA) is 38.5 Å². The predicted octanol–water partition coefficient (Wildman–Crippen LogP) is 3.74. The fraction of sp³-hybridized carbons (Fsp3) is 0.667. The van der Waals surface area contributed by atoms with Gasteiger partial charge in [0.25, 0.3) is 0 Å². The van der Waals surface area contributed by atoms with Crippen LogP contribution in [0.4, 0.5) is 0 Å². The average Bonchev–Trinajstić information content (AvgIpc) is 2.54. The average molecular weight is 290 g/mol. The first-order chi connectivity index (χ1) is 10.3. The number of unbranched alkanes of at least 4 members (excludes halogenated alkanes) is 1. The molecule has 0 unspecified atom stereocenters. The van der Waals surface area contributed by atoms with Gasteiger partial charge in [0.2, 0.25) is 0 Å². The van der Waals surface area contributed by atoms with Crippen LogP contribution in [0.1, 0.15) is 57.1 Å². The highest BCUT2D eigenvalue weighted by atomic mass is 16.5. The quantitative estimate of drug-likeness (QED) is 0.741. The Morgan fingerprint density at radius 1 is 1.14 bits per heavy atom. The first-order valence-corrected chi connectivity index (χ1v) is 8.50. The highest BCUT2D eigenvalue weighted by Crippen LogP contribution is 2.20. The van der Waals surface area contributed by atoms with Gasteiger partial charge in [0.15, 0.2) is 0 Å². The van der Waals surface area contributed by atoms with Gasteiger partial charge < -0.3 is 15.4 Å². The van der Waals surface area contributed by atoms with Crippen molar-refractivity contribution < 1.29 is 4.74 Å². The molecule has 21 heavy (non-hydrogen) atoms. The lowest BCUT2D eigenvalue weighted by Gasteiger charge is -2.27. The van der Waals surface area contributed by atoms with Crippen LogP contribution in [-0.2, 0) is 0 Å². The van der Waals surface area contributed by atoms with E-state index < -0.39 is 0 Å². The van der Waals surface area contributed by atoms with Crippen LogP contribution in [0.25, 0.3) is 0 Å². The lowest BCUT2D eigenvalue weighted by molar-refractivity contribution is 0.221. The Kier molecular flexibility index (Phi) is 7.04. The number of piperidine rings is 1. The number of nitrogens with zero attached hydrogens (tertiary/aromatic N) is 1. The van der Waals surface area contributed by atoms with Gasteiger partial charge in [-0.2, -0.15) is 0 Å². The summed E-state index contributed by atoms with van der Waals surface area (Å²) in [6.45, 7) is 6.59. The van der Waals surface area contributed by atoms with Crippen LogP contribution in [-0.4, -0.2) is 31.1 Å². The molecular weight excluding hydrogens is 260 g/mol. The van der Waals surface area contributed by atoms with Crippen molar-refractivity contribution in [3.63, 3.8) is 0 Å². The maximum atomic E-state index is 6.32. The zero-order valence-corrected chi connectivity index (χ0v) is 13.4. The second-order valence-electron chi connectivity index (χ2n) is 6.07. The normalized spacial score (nSPS) is 17.6. The smallest absolute Gasteiger partial charge is 0.119 e. The second kappa shape index (κ2) is 9.06. The monoisotopic (exact) mass is 290 g/mol. The minimum absolute atomic E-state index is 0.136.